The average molecular weight is 237 g/mol. The lowest BCUT2D eigenvalue weighted by molar-refractivity contribution is 0.0687. The van der Waals surface area contributed by atoms with Crippen molar-refractivity contribution in [1.82, 2.24) is 14.9 Å². The summed E-state index contributed by atoms with van der Waals surface area (Å²) < 4.78 is 4.92. The summed E-state index contributed by atoms with van der Waals surface area (Å²) in [5, 5.41) is 9.12. The number of carbonyl (C=O) groups is 1. The fraction of sp³-hybridized carbons (Fsp3) is 0.545. The zero-order chi connectivity index (χ0) is 12.4. The molecule has 0 unspecified atom stereocenters. The first-order valence-electron chi connectivity index (χ1n) is 5.55. The lowest BCUT2D eigenvalue weighted by Crippen LogP contribution is -2.17. The van der Waals surface area contributed by atoms with Crippen LogP contribution in [0.5, 0.6) is 6.01 Å². The molecule has 17 heavy (non-hydrogen) atoms. The third kappa shape index (κ3) is 2.21. The first-order valence-corrected chi connectivity index (χ1v) is 5.55. The number of aromatic carboxylic acids is 1. The predicted octanol–water partition coefficient (Wildman–Crippen LogP) is 0.909. The molecule has 6 heteroatoms. The van der Waals surface area contributed by atoms with Gasteiger partial charge in [-0.1, -0.05) is 6.92 Å². The number of fused-ring (bicyclic) bond motifs is 1. The van der Waals surface area contributed by atoms with Gasteiger partial charge in [-0.15, -0.1) is 0 Å². The molecule has 2 heterocycles. The largest absolute Gasteiger partial charge is 0.476 e. The smallest absolute Gasteiger partial charge is 0.355 e. The number of hydrogen-bond acceptors (Lipinski definition) is 5. The van der Waals surface area contributed by atoms with Crippen molar-refractivity contribution in [3.63, 3.8) is 0 Å². The normalized spacial score (nSPS) is 14.7. The van der Waals surface area contributed by atoms with Crippen LogP contribution in [0.2, 0.25) is 0 Å². The highest BCUT2D eigenvalue weighted by Crippen LogP contribution is 2.25. The van der Waals surface area contributed by atoms with Gasteiger partial charge in [0, 0.05) is 18.7 Å². The summed E-state index contributed by atoms with van der Waals surface area (Å²) in [4.78, 5) is 21.4. The van der Waals surface area contributed by atoms with E-state index in [1.54, 1.807) is 0 Å². The van der Waals surface area contributed by atoms with E-state index in [1.165, 1.54) is 7.11 Å². The molecule has 0 fully saturated rings. The molecule has 0 spiro atoms. The molecular weight excluding hydrogens is 222 g/mol. The molecule has 0 aromatic carbocycles. The lowest BCUT2D eigenvalue weighted by atomic mass is 10.2. The number of ether oxygens (including phenoxy) is 1. The van der Waals surface area contributed by atoms with Crippen molar-refractivity contribution in [3.05, 3.63) is 17.0 Å². The van der Waals surface area contributed by atoms with Gasteiger partial charge in [-0.2, -0.15) is 9.97 Å². The Balaban J connectivity index is 2.37. The molecule has 6 nitrogen and oxygen atoms in total. The maximum atomic E-state index is 11.1. The average Bonchev–Trinajstić information content (AvgIpc) is 2.69. The summed E-state index contributed by atoms with van der Waals surface area (Å²) in [5.41, 5.74) is 1.54. The molecule has 1 aromatic heterocycles. The SMILES string of the molecule is CCCN1Cc2nc(OC)nc(C(=O)O)c2C1. The fourth-order valence-corrected chi connectivity index (χ4v) is 2.04. The Bertz CT molecular complexity index is 448. The first-order chi connectivity index (χ1) is 8.15. The minimum absolute atomic E-state index is 0.0606. The van der Waals surface area contributed by atoms with Gasteiger partial charge in [-0.05, 0) is 13.0 Å². The number of aromatic nitrogens is 2. The Kier molecular flexibility index (Phi) is 3.23. The molecule has 2 rings (SSSR count). The third-order valence-corrected chi connectivity index (χ3v) is 2.75. The Labute approximate surface area is 99.2 Å². The summed E-state index contributed by atoms with van der Waals surface area (Å²) in [7, 11) is 1.44. The molecule has 0 aliphatic carbocycles. The first kappa shape index (κ1) is 11.8. The number of nitrogens with zero attached hydrogens (tertiary/aromatic N) is 3. The second-order valence-corrected chi connectivity index (χ2v) is 4.00. The zero-order valence-electron chi connectivity index (χ0n) is 9.93. The summed E-state index contributed by atoms with van der Waals surface area (Å²) in [6, 6.07) is 0.125. The van der Waals surface area contributed by atoms with E-state index < -0.39 is 5.97 Å². The highest BCUT2D eigenvalue weighted by molar-refractivity contribution is 5.87. The molecule has 1 aromatic rings. The Hall–Kier alpha value is -1.69. The van der Waals surface area contributed by atoms with Crippen molar-refractivity contribution in [1.29, 1.82) is 0 Å². The monoisotopic (exact) mass is 237 g/mol. The number of methoxy groups -OCH3 is 1. The molecule has 92 valence electrons. The molecular formula is C11H15N3O3. The van der Waals surface area contributed by atoms with E-state index in [0.29, 0.717) is 18.7 Å². The second kappa shape index (κ2) is 4.67. The van der Waals surface area contributed by atoms with Gasteiger partial charge in [-0.3, -0.25) is 4.90 Å². The van der Waals surface area contributed by atoms with Gasteiger partial charge in [-0.25, -0.2) is 4.79 Å². The van der Waals surface area contributed by atoms with E-state index in [9.17, 15) is 4.79 Å². The van der Waals surface area contributed by atoms with Crippen LogP contribution in [0, 0.1) is 0 Å². The Morgan fingerprint density at radius 1 is 1.47 bits per heavy atom. The number of carboxylic acids is 1. The van der Waals surface area contributed by atoms with Gasteiger partial charge in [0.05, 0.1) is 12.8 Å². The molecule has 0 saturated carbocycles. The minimum atomic E-state index is -1.03. The van der Waals surface area contributed by atoms with E-state index in [0.717, 1.165) is 18.7 Å². The van der Waals surface area contributed by atoms with Gasteiger partial charge >= 0.3 is 12.0 Å². The van der Waals surface area contributed by atoms with E-state index >= 15 is 0 Å². The van der Waals surface area contributed by atoms with Crippen LogP contribution in [0.25, 0.3) is 0 Å². The molecule has 0 amide bonds. The fourth-order valence-electron chi connectivity index (χ4n) is 2.04. The Morgan fingerprint density at radius 3 is 2.82 bits per heavy atom. The standard InChI is InChI=1S/C11H15N3O3/c1-3-4-14-5-7-8(6-14)12-11(17-2)13-9(7)10(15)16/h3-6H2,1-2H3,(H,15,16). The van der Waals surface area contributed by atoms with Crippen molar-refractivity contribution in [2.75, 3.05) is 13.7 Å². The van der Waals surface area contributed by atoms with Crippen LogP contribution < -0.4 is 4.74 Å². The van der Waals surface area contributed by atoms with Gasteiger partial charge in [0.15, 0.2) is 5.69 Å². The number of hydrogen-bond donors (Lipinski definition) is 1. The van der Waals surface area contributed by atoms with E-state index in [4.69, 9.17) is 9.84 Å². The molecule has 0 radical (unpaired) electrons. The highest BCUT2D eigenvalue weighted by atomic mass is 16.5. The number of carboxylic acid groups (broad SMARTS) is 1. The van der Waals surface area contributed by atoms with E-state index in [1.807, 2.05) is 0 Å². The maximum absolute atomic E-state index is 11.1. The molecule has 1 N–H and O–H groups in total. The van der Waals surface area contributed by atoms with Crippen molar-refractivity contribution >= 4 is 5.97 Å². The van der Waals surface area contributed by atoms with Crippen LogP contribution >= 0.6 is 0 Å². The van der Waals surface area contributed by atoms with Gasteiger partial charge in [0.1, 0.15) is 0 Å². The second-order valence-electron chi connectivity index (χ2n) is 4.00. The highest BCUT2D eigenvalue weighted by Gasteiger charge is 2.27. The Morgan fingerprint density at radius 2 is 2.24 bits per heavy atom. The molecule has 1 aliphatic rings. The minimum Gasteiger partial charge on any atom is -0.476 e. The third-order valence-electron chi connectivity index (χ3n) is 2.75. The lowest BCUT2D eigenvalue weighted by Gasteiger charge is -2.11. The maximum Gasteiger partial charge on any atom is 0.355 e. The van der Waals surface area contributed by atoms with E-state index in [2.05, 4.69) is 21.8 Å². The van der Waals surface area contributed by atoms with Crippen molar-refractivity contribution in [3.8, 4) is 6.01 Å². The summed E-state index contributed by atoms with van der Waals surface area (Å²) in [5.74, 6) is -1.03. The van der Waals surface area contributed by atoms with Crippen LogP contribution in [-0.2, 0) is 13.1 Å². The van der Waals surface area contributed by atoms with Crippen LogP contribution in [0.4, 0.5) is 0 Å². The molecule has 1 aliphatic heterocycles. The van der Waals surface area contributed by atoms with Gasteiger partial charge in [0.25, 0.3) is 0 Å². The van der Waals surface area contributed by atoms with E-state index in [-0.39, 0.29) is 11.7 Å². The predicted molar refractivity (Wildman–Crippen MR) is 59.9 cm³/mol. The van der Waals surface area contributed by atoms with Crippen LogP contribution in [-0.4, -0.2) is 39.6 Å². The van der Waals surface area contributed by atoms with Crippen LogP contribution in [0.3, 0.4) is 0 Å². The van der Waals surface area contributed by atoms with Crippen molar-refractivity contribution in [2.24, 2.45) is 0 Å². The summed E-state index contributed by atoms with van der Waals surface area (Å²) >= 11 is 0. The van der Waals surface area contributed by atoms with Crippen molar-refractivity contribution in [2.45, 2.75) is 26.4 Å². The van der Waals surface area contributed by atoms with Gasteiger partial charge in [0.2, 0.25) is 0 Å². The number of rotatable bonds is 4. The van der Waals surface area contributed by atoms with Gasteiger partial charge < -0.3 is 9.84 Å². The molecule has 0 atom stereocenters. The molecule has 0 bridgehead atoms. The van der Waals surface area contributed by atoms with Crippen molar-refractivity contribution < 1.29 is 14.6 Å². The van der Waals surface area contributed by atoms with Crippen LogP contribution in [0.15, 0.2) is 0 Å². The van der Waals surface area contributed by atoms with Crippen LogP contribution in [0.1, 0.15) is 35.1 Å². The zero-order valence-corrected chi connectivity index (χ0v) is 9.93. The summed E-state index contributed by atoms with van der Waals surface area (Å²) in [6.45, 7) is 4.29. The quantitative estimate of drug-likeness (QED) is 0.838. The summed E-state index contributed by atoms with van der Waals surface area (Å²) in [6.07, 6.45) is 1.03. The molecule has 0 saturated heterocycles. The topological polar surface area (TPSA) is 75.5 Å².